The third kappa shape index (κ3) is 5.18. The van der Waals surface area contributed by atoms with Gasteiger partial charge >= 0.3 is 5.97 Å². The lowest BCUT2D eigenvalue weighted by molar-refractivity contribution is -0.113. The van der Waals surface area contributed by atoms with Crippen molar-refractivity contribution in [3.63, 3.8) is 0 Å². The lowest BCUT2D eigenvalue weighted by atomic mass is 10.1. The van der Waals surface area contributed by atoms with Crippen LogP contribution >= 0.6 is 34.4 Å². The summed E-state index contributed by atoms with van der Waals surface area (Å²) in [7, 11) is 0. The Balaban J connectivity index is 1.50. The van der Waals surface area contributed by atoms with Gasteiger partial charge in [-0.05, 0) is 44.4 Å². The highest BCUT2D eigenvalue weighted by molar-refractivity contribution is 7.99. The second kappa shape index (κ2) is 10.3. The number of carbonyl (C=O) groups is 2. The number of thioether (sulfide) groups is 1. The Morgan fingerprint density at radius 3 is 2.61 bits per heavy atom. The number of thiophene rings is 2. The predicted molar refractivity (Wildman–Crippen MR) is 134 cm³/mol. The standard InChI is InChI=1S/C23H22N4O3S3/c1-4-30-22(29)20-17(18-6-5-11-31-18)12-32-21(20)24-19(28)13-33-23-26-25-15(3)27(23)16-9-7-14(2)8-10-16/h5-12H,4,13H2,1-3H3,(H,24,28). The average molecular weight is 499 g/mol. The van der Waals surface area contributed by atoms with Crippen molar-refractivity contribution in [2.75, 3.05) is 17.7 Å². The minimum atomic E-state index is -0.445. The van der Waals surface area contributed by atoms with Crippen LogP contribution in [0.4, 0.5) is 5.00 Å². The molecule has 1 amide bonds. The van der Waals surface area contributed by atoms with Crippen LogP contribution in [0.2, 0.25) is 0 Å². The molecule has 3 aromatic heterocycles. The van der Waals surface area contributed by atoms with E-state index in [4.69, 9.17) is 4.74 Å². The van der Waals surface area contributed by atoms with Crippen molar-refractivity contribution < 1.29 is 14.3 Å². The van der Waals surface area contributed by atoms with E-state index < -0.39 is 5.97 Å². The first kappa shape index (κ1) is 23.2. The minimum absolute atomic E-state index is 0.124. The van der Waals surface area contributed by atoms with E-state index in [1.54, 1.807) is 6.92 Å². The quantitative estimate of drug-likeness (QED) is 0.252. The van der Waals surface area contributed by atoms with E-state index in [-0.39, 0.29) is 18.3 Å². The zero-order chi connectivity index (χ0) is 23.4. The van der Waals surface area contributed by atoms with Crippen molar-refractivity contribution in [2.24, 2.45) is 0 Å². The smallest absolute Gasteiger partial charge is 0.341 e. The van der Waals surface area contributed by atoms with Gasteiger partial charge in [-0.15, -0.1) is 32.9 Å². The van der Waals surface area contributed by atoms with Gasteiger partial charge in [0.15, 0.2) is 5.16 Å². The maximum atomic E-state index is 12.8. The number of hydrogen-bond acceptors (Lipinski definition) is 8. The molecule has 1 aromatic carbocycles. The molecule has 0 aliphatic heterocycles. The number of benzene rings is 1. The second-order valence-corrected chi connectivity index (χ2v) is 9.86. The van der Waals surface area contributed by atoms with Crippen LogP contribution in [0.25, 0.3) is 16.1 Å². The molecule has 170 valence electrons. The average Bonchev–Trinajstić information content (AvgIpc) is 3.53. The van der Waals surface area contributed by atoms with Crippen LogP contribution < -0.4 is 5.32 Å². The van der Waals surface area contributed by atoms with Crippen molar-refractivity contribution in [2.45, 2.75) is 25.9 Å². The highest BCUT2D eigenvalue weighted by Gasteiger charge is 2.23. The number of esters is 1. The normalized spacial score (nSPS) is 10.9. The summed E-state index contributed by atoms with van der Waals surface area (Å²) in [5.74, 6) is 0.185. The SMILES string of the molecule is CCOC(=O)c1c(-c2cccs2)csc1NC(=O)CSc1nnc(C)n1-c1ccc(C)cc1. The van der Waals surface area contributed by atoms with Crippen LogP contribution in [-0.2, 0) is 9.53 Å². The van der Waals surface area contributed by atoms with Crippen LogP contribution in [0, 0.1) is 13.8 Å². The van der Waals surface area contributed by atoms with Gasteiger partial charge in [-0.1, -0.05) is 35.5 Å². The van der Waals surface area contributed by atoms with E-state index >= 15 is 0 Å². The molecular weight excluding hydrogens is 476 g/mol. The number of anilines is 1. The monoisotopic (exact) mass is 498 g/mol. The molecule has 7 nitrogen and oxygen atoms in total. The van der Waals surface area contributed by atoms with Gasteiger partial charge < -0.3 is 10.1 Å². The number of hydrogen-bond donors (Lipinski definition) is 1. The van der Waals surface area contributed by atoms with Gasteiger partial charge in [0.25, 0.3) is 0 Å². The molecule has 0 radical (unpaired) electrons. The van der Waals surface area contributed by atoms with E-state index in [9.17, 15) is 9.59 Å². The molecule has 0 unspecified atom stereocenters. The number of aromatic nitrogens is 3. The van der Waals surface area contributed by atoms with E-state index in [2.05, 4.69) is 15.5 Å². The minimum Gasteiger partial charge on any atom is -0.462 e. The van der Waals surface area contributed by atoms with E-state index in [0.29, 0.717) is 15.7 Å². The summed E-state index contributed by atoms with van der Waals surface area (Å²) >= 11 is 4.14. The van der Waals surface area contributed by atoms with Crippen LogP contribution in [0.1, 0.15) is 28.7 Å². The molecule has 4 aromatic rings. The van der Waals surface area contributed by atoms with Crippen LogP contribution in [0.15, 0.2) is 52.3 Å². The topological polar surface area (TPSA) is 86.1 Å². The first-order valence-corrected chi connectivity index (χ1v) is 13.0. The summed E-state index contributed by atoms with van der Waals surface area (Å²) < 4.78 is 7.16. The molecule has 33 heavy (non-hydrogen) atoms. The van der Waals surface area contributed by atoms with Crippen molar-refractivity contribution in [1.82, 2.24) is 14.8 Å². The Hall–Kier alpha value is -2.95. The summed E-state index contributed by atoms with van der Waals surface area (Å²) in [5.41, 5.74) is 3.26. The maximum Gasteiger partial charge on any atom is 0.341 e. The Morgan fingerprint density at radius 2 is 1.91 bits per heavy atom. The van der Waals surface area contributed by atoms with Gasteiger partial charge in [-0.2, -0.15) is 0 Å². The highest BCUT2D eigenvalue weighted by atomic mass is 32.2. The van der Waals surface area contributed by atoms with E-state index in [1.807, 2.05) is 65.6 Å². The summed E-state index contributed by atoms with van der Waals surface area (Å²) in [6.45, 7) is 5.92. The number of nitrogens with one attached hydrogen (secondary N) is 1. The fourth-order valence-corrected chi connectivity index (χ4v) is 5.77. The second-order valence-electron chi connectivity index (χ2n) is 7.09. The fourth-order valence-electron chi connectivity index (χ4n) is 3.19. The number of ether oxygens (including phenoxy) is 1. The molecule has 0 saturated carbocycles. The molecule has 0 aliphatic carbocycles. The number of carbonyl (C=O) groups excluding carboxylic acids is 2. The third-order valence-electron chi connectivity index (χ3n) is 4.73. The first-order chi connectivity index (χ1) is 16.0. The first-order valence-electron chi connectivity index (χ1n) is 10.2. The van der Waals surface area contributed by atoms with Crippen LogP contribution in [0.5, 0.6) is 0 Å². The summed E-state index contributed by atoms with van der Waals surface area (Å²) in [6, 6.07) is 11.9. The Labute approximate surface area is 203 Å². The van der Waals surface area contributed by atoms with Crippen molar-refractivity contribution in [3.05, 3.63) is 64.1 Å². The molecule has 0 aliphatic rings. The third-order valence-corrected chi connectivity index (χ3v) is 7.46. The van der Waals surface area contributed by atoms with Crippen molar-refractivity contribution in [1.29, 1.82) is 0 Å². The van der Waals surface area contributed by atoms with Gasteiger partial charge in [0, 0.05) is 21.5 Å². The molecule has 0 saturated heterocycles. The van der Waals surface area contributed by atoms with Gasteiger partial charge in [0.2, 0.25) is 5.91 Å². The van der Waals surface area contributed by atoms with Gasteiger partial charge in [-0.3, -0.25) is 9.36 Å². The van der Waals surface area contributed by atoms with E-state index in [0.717, 1.165) is 27.5 Å². The van der Waals surface area contributed by atoms with Gasteiger partial charge in [0.1, 0.15) is 16.4 Å². The largest absolute Gasteiger partial charge is 0.462 e. The predicted octanol–water partition coefficient (Wildman–Crippen LogP) is 5.58. The zero-order valence-corrected chi connectivity index (χ0v) is 20.8. The molecule has 0 spiro atoms. The lowest BCUT2D eigenvalue weighted by Crippen LogP contribution is -2.16. The number of amides is 1. The summed E-state index contributed by atoms with van der Waals surface area (Å²) in [4.78, 5) is 26.4. The molecule has 0 bridgehead atoms. The Morgan fingerprint density at radius 1 is 1.12 bits per heavy atom. The molecule has 10 heteroatoms. The molecule has 4 rings (SSSR count). The number of nitrogens with zero attached hydrogens (tertiary/aromatic N) is 3. The highest BCUT2D eigenvalue weighted by Crippen LogP contribution is 2.38. The Bertz CT molecular complexity index is 1260. The van der Waals surface area contributed by atoms with Crippen LogP contribution in [0.3, 0.4) is 0 Å². The Kier molecular flexibility index (Phi) is 7.26. The van der Waals surface area contributed by atoms with Gasteiger partial charge in [0.05, 0.1) is 12.4 Å². The molecule has 0 fully saturated rings. The molecule has 3 heterocycles. The van der Waals surface area contributed by atoms with Crippen molar-refractivity contribution >= 4 is 51.3 Å². The van der Waals surface area contributed by atoms with Gasteiger partial charge in [-0.25, -0.2) is 4.79 Å². The number of rotatable bonds is 8. The number of aryl methyl sites for hydroxylation is 2. The summed E-state index contributed by atoms with van der Waals surface area (Å²) in [6.07, 6.45) is 0. The molecule has 1 N–H and O–H groups in total. The lowest BCUT2D eigenvalue weighted by Gasteiger charge is -2.10. The molecular formula is C23H22N4O3S3. The summed E-state index contributed by atoms with van der Waals surface area (Å²) in [5, 5.41) is 16.2. The fraction of sp³-hybridized carbons (Fsp3) is 0.217. The maximum absolute atomic E-state index is 12.8. The van der Waals surface area contributed by atoms with Crippen molar-refractivity contribution in [3.8, 4) is 16.1 Å². The van der Waals surface area contributed by atoms with Crippen LogP contribution in [-0.4, -0.2) is 39.0 Å². The molecule has 0 atom stereocenters. The zero-order valence-electron chi connectivity index (χ0n) is 18.3. The van der Waals surface area contributed by atoms with E-state index in [1.165, 1.54) is 34.4 Å².